The smallest absolute Gasteiger partial charge is 0.282 e. The number of anilines is 1. The molecule has 7 nitrogen and oxygen atoms in total. The zero-order valence-electron chi connectivity index (χ0n) is 14.7. The number of rotatable bonds is 6. The largest absolute Gasteiger partial charge is 0.368 e. The van der Waals surface area contributed by atoms with Gasteiger partial charge in [0.1, 0.15) is 12.2 Å². The van der Waals surface area contributed by atoms with Crippen molar-refractivity contribution in [3.63, 3.8) is 0 Å². The van der Waals surface area contributed by atoms with Crippen LogP contribution in [-0.4, -0.2) is 57.1 Å². The lowest BCUT2D eigenvalue weighted by Crippen LogP contribution is -2.46. The Balaban J connectivity index is 1.61. The van der Waals surface area contributed by atoms with E-state index in [1.54, 1.807) is 13.2 Å². The van der Waals surface area contributed by atoms with Gasteiger partial charge in [-0.05, 0) is 0 Å². The SMILES string of the molecule is Cn1cc(CN2CCN(c3cnn(CC(F)F)c(=O)c3)CC2)c(C(F)F)n1. The van der Waals surface area contributed by atoms with Crippen LogP contribution in [0.2, 0.25) is 0 Å². The number of halogens is 4. The fourth-order valence-electron chi connectivity index (χ4n) is 3.13. The van der Waals surface area contributed by atoms with Crippen molar-refractivity contribution in [2.45, 2.75) is 25.9 Å². The topological polar surface area (TPSA) is 59.2 Å². The second kappa shape index (κ2) is 8.07. The average molecular weight is 388 g/mol. The van der Waals surface area contributed by atoms with Gasteiger partial charge in [-0.3, -0.25) is 14.4 Å². The van der Waals surface area contributed by atoms with E-state index in [2.05, 4.69) is 10.2 Å². The Bertz CT molecular complexity index is 829. The summed E-state index contributed by atoms with van der Waals surface area (Å²) in [5, 5.41) is 7.60. The van der Waals surface area contributed by atoms with Gasteiger partial charge in [0, 0.05) is 57.6 Å². The first-order valence-electron chi connectivity index (χ1n) is 8.46. The summed E-state index contributed by atoms with van der Waals surface area (Å²) in [5.74, 6) is 0. The standard InChI is InChI=1S/C16H20F4N6O/c1-23-8-11(15(22-23)16(19)20)9-24-2-4-25(5-3-24)12-6-14(27)26(21-7-12)10-13(17)18/h6-8,13,16H,2-5,9-10H2,1H3. The fourth-order valence-corrected chi connectivity index (χ4v) is 3.13. The van der Waals surface area contributed by atoms with Crippen LogP contribution in [0.3, 0.4) is 0 Å². The van der Waals surface area contributed by atoms with Crippen LogP contribution in [-0.2, 0) is 20.1 Å². The minimum absolute atomic E-state index is 0.202. The molecule has 11 heteroatoms. The van der Waals surface area contributed by atoms with Crippen molar-refractivity contribution in [3.8, 4) is 0 Å². The van der Waals surface area contributed by atoms with E-state index in [0.29, 0.717) is 44.0 Å². The second-order valence-electron chi connectivity index (χ2n) is 6.40. The Morgan fingerprint density at radius 2 is 1.85 bits per heavy atom. The molecular weight excluding hydrogens is 368 g/mol. The molecule has 0 N–H and O–H groups in total. The van der Waals surface area contributed by atoms with Gasteiger partial charge in [-0.25, -0.2) is 22.2 Å². The lowest BCUT2D eigenvalue weighted by Gasteiger charge is -2.35. The van der Waals surface area contributed by atoms with Gasteiger partial charge in [-0.15, -0.1) is 0 Å². The second-order valence-corrected chi connectivity index (χ2v) is 6.40. The van der Waals surface area contributed by atoms with Crippen LogP contribution in [0.15, 0.2) is 23.3 Å². The molecule has 3 rings (SSSR count). The number of aryl methyl sites for hydroxylation is 1. The molecule has 0 atom stereocenters. The van der Waals surface area contributed by atoms with Crippen LogP contribution in [0.25, 0.3) is 0 Å². The molecule has 2 aromatic heterocycles. The molecule has 1 saturated heterocycles. The molecule has 1 fully saturated rings. The first kappa shape index (κ1) is 19.3. The number of piperazine rings is 1. The summed E-state index contributed by atoms with van der Waals surface area (Å²) in [7, 11) is 1.61. The maximum absolute atomic E-state index is 13.0. The first-order valence-corrected chi connectivity index (χ1v) is 8.46. The molecule has 0 saturated carbocycles. The van der Waals surface area contributed by atoms with Crippen molar-refractivity contribution in [1.82, 2.24) is 24.5 Å². The zero-order valence-corrected chi connectivity index (χ0v) is 14.7. The lowest BCUT2D eigenvalue weighted by atomic mass is 10.2. The van der Waals surface area contributed by atoms with E-state index >= 15 is 0 Å². The third-order valence-electron chi connectivity index (χ3n) is 4.44. The molecule has 3 heterocycles. The van der Waals surface area contributed by atoms with Gasteiger partial charge in [0.15, 0.2) is 0 Å². The fraction of sp³-hybridized carbons (Fsp3) is 0.562. The van der Waals surface area contributed by atoms with Crippen molar-refractivity contribution >= 4 is 5.69 Å². The van der Waals surface area contributed by atoms with Crippen molar-refractivity contribution in [3.05, 3.63) is 40.1 Å². The average Bonchev–Trinajstić information content (AvgIpc) is 2.98. The molecule has 0 radical (unpaired) electrons. The third kappa shape index (κ3) is 4.65. The molecule has 0 unspecified atom stereocenters. The number of alkyl halides is 4. The van der Waals surface area contributed by atoms with Gasteiger partial charge in [0.25, 0.3) is 18.4 Å². The predicted octanol–water partition coefficient (Wildman–Crippen LogP) is 1.50. The van der Waals surface area contributed by atoms with Crippen molar-refractivity contribution in [2.75, 3.05) is 31.1 Å². The number of hydrogen-bond donors (Lipinski definition) is 0. The lowest BCUT2D eigenvalue weighted by molar-refractivity contribution is 0.119. The van der Waals surface area contributed by atoms with E-state index in [1.165, 1.54) is 16.9 Å². The Morgan fingerprint density at radius 1 is 1.15 bits per heavy atom. The summed E-state index contributed by atoms with van der Waals surface area (Å²) in [6, 6.07) is 1.29. The monoisotopic (exact) mass is 388 g/mol. The van der Waals surface area contributed by atoms with Gasteiger partial charge in [0.05, 0.1) is 11.9 Å². The van der Waals surface area contributed by atoms with Crippen LogP contribution in [0.4, 0.5) is 23.2 Å². The summed E-state index contributed by atoms with van der Waals surface area (Å²) in [5.41, 5.74) is 0.288. The van der Waals surface area contributed by atoms with E-state index < -0.39 is 25.0 Å². The Hall–Kier alpha value is -2.43. The highest BCUT2D eigenvalue weighted by molar-refractivity contribution is 5.43. The Labute approximate surface area is 152 Å². The van der Waals surface area contributed by atoms with E-state index in [-0.39, 0.29) is 5.69 Å². The predicted molar refractivity (Wildman–Crippen MR) is 90.2 cm³/mol. The number of nitrogens with zero attached hydrogens (tertiary/aromatic N) is 6. The zero-order chi connectivity index (χ0) is 19.6. The molecule has 27 heavy (non-hydrogen) atoms. The summed E-state index contributed by atoms with van der Waals surface area (Å²) in [6.45, 7) is 2.00. The summed E-state index contributed by atoms with van der Waals surface area (Å²) in [4.78, 5) is 15.8. The van der Waals surface area contributed by atoms with E-state index in [9.17, 15) is 22.4 Å². The minimum Gasteiger partial charge on any atom is -0.368 e. The van der Waals surface area contributed by atoms with Crippen molar-refractivity contribution in [2.24, 2.45) is 7.05 Å². The van der Waals surface area contributed by atoms with Crippen LogP contribution in [0.1, 0.15) is 17.7 Å². The highest BCUT2D eigenvalue weighted by atomic mass is 19.3. The molecule has 1 aliphatic rings. The Morgan fingerprint density at radius 3 is 2.44 bits per heavy atom. The summed E-state index contributed by atoms with van der Waals surface area (Å²) in [6.07, 6.45) is -2.26. The van der Waals surface area contributed by atoms with E-state index in [0.717, 1.165) is 4.68 Å². The van der Waals surface area contributed by atoms with Crippen LogP contribution in [0, 0.1) is 0 Å². The third-order valence-corrected chi connectivity index (χ3v) is 4.44. The van der Waals surface area contributed by atoms with E-state index in [1.807, 2.05) is 9.80 Å². The van der Waals surface area contributed by atoms with Crippen LogP contribution in [0.5, 0.6) is 0 Å². The first-order chi connectivity index (χ1) is 12.8. The van der Waals surface area contributed by atoms with Crippen LogP contribution < -0.4 is 10.5 Å². The molecule has 0 aromatic carbocycles. The molecule has 0 aliphatic carbocycles. The highest BCUT2D eigenvalue weighted by Gasteiger charge is 2.23. The van der Waals surface area contributed by atoms with Gasteiger partial charge in [0.2, 0.25) is 0 Å². The van der Waals surface area contributed by atoms with Gasteiger partial charge >= 0.3 is 0 Å². The summed E-state index contributed by atoms with van der Waals surface area (Å²) < 4.78 is 53.0. The molecule has 148 valence electrons. The molecule has 2 aromatic rings. The molecular formula is C16H20F4N6O. The molecule has 0 spiro atoms. The minimum atomic E-state index is -2.64. The van der Waals surface area contributed by atoms with Gasteiger partial charge in [-0.1, -0.05) is 0 Å². The normalized spacial score (nSPS) is 15.9. The van der Waals surface area contributed by atoms with Gasteiger partial charge in [-0.2, -0.15) is 10.2 Å². The van der Waals surface area contributed by atoms with Crippen molar-refractivity contribution in [1.29, 1.82) is 0 Å². The maximum atomic E-state index is 13.0. The Kier molecular flexibility index (Phi) is 5.78. The molecule has 1 aliphatic heterocycles. The molecule has 0 bridgehead atoms. The molecule has 0 amide bonds. The highest BCUT2D eigenvalue weighted by Crippen LogP contribution is 2.23. The van der Waals surface area contributed by atoms with Crippen LogP contribution >= 0.6 is 0 Å². The van der Waals surface area contributed by atoms with Gasteiger partial charge < -0.3 is 4.90 Å². The van der Waals surface area contributed by atoms with E-state index in [4.69, 9.17) is 0 Å². The summed E-state index contributed by atoms with van der Waals surface area (Å²) >= 11 is 0. The quantitative estimate of drug-likeness (QED) is 0.702. The number of hydrogen-bond acceptors (Lipinski definition) is 5. The number of aromatic nitrogens is 4. The maximum Gasteiger partial charge on any atom is 0.282 e. The van der Waals surface area contributed by atoms with Crippen molar-refractivity contribution < 1.29 is 17.6 Å².